The molecule has 0 aromatic rings. The summed E-state index contributed by atoms with van der Waals surface area (Å²) in [4.78, 5) is 12.1. The molecule has 3 N–H and O–H groups in total. The fraction of sp³-hybridized carbons (Fsp3) is 0.923. The molecule has 2 rings (SSSR count). The van der Waals surface area contributed by atoms with Gasteiger partial charge < -0.3 is 25.4 Å². The summed E-state index contributed by atoms with van der Waals surface area (Å²) in [6.07, 6.45) is 2.07. The lowest BCUT2D eigenvalue weighted by atomic mass is 9.79. The fourth-order valence-corrected chi connectivity index (χ4v) is 2.77. The molecule has 0 saturated carbocycles. The number of methoxy groups -OCH3 is 1. The number of carbonyl (C=O) groups is 1. The average Bonchev–Trinajstić information content (AvgIpc) is 2.47. The molecule has 0 aliphatic carbocycles. The molecule has 0 radical (unpaired) electrons. The summed E-state index contributed by atoms with van der Waals surface area (Å²) in [7, 11) is 1.72. The summed E-state index contributed by atoms with van der Waals surface area (Å²) in [5.41, 5.74) is 0.0746. The Morgan fingerprint density at radius 2 is 2.21 bits per heavy atom. The van der Waals surface area contributed by atoms with Gasteiger partial charge in [0.15, 0.2) is 0 Å². The van der Waals surface area contributed by atoms with Gasteiger partial charge in [-0.15, -0.1) is 0 Å². The molecule has 19 heavy (non-hydrogen) atoms. The molecule has 6 nitrogen and oxygen atoms in total. The predicted molar refractivity (Wildman–Crippen MR) is 72.0 cm³/mol. The van der Waals surface area contributed by atoms with Crippen LogP contribution in [0.1, 0.15) is 12.8 Å². The normalized spacial score (nSPS) is 26.9. The van der Waals surface area contributed by atoms with E-state index in [-0.39, 0.29) is 17.4 Å². The van der Waals surface area contributed by atoms with Crippen LogP contribution in [0.3, 0.4) is 0 Å². The highest BCUT2D eigenvalue weighted by molar-refractivity contribution is 5.82. The van der Waals surface area contributed by atoms with Crippen molar-refractivity contribution in [3.8, 4) is 0 Å². The quantitative estimate of drug-likeness (QED) is 0.605. The van der Waals surface area contributed by atoms with Gasteiger partial charge in [-0.25, -0.2) is 0 Å². The number of hydrogen-bond acceptors (Lipinski definition) is 5. The van der Waals surface area contributed by atoms with Crippen LogP contribution in [0.5, 0.6) is 0 Å². The third-order valence-electron chi connectivity index (χ3n) is 3.99. The van der Waals surface area contributed by atoms with Crippen molar-refractivity contribution in [2.75, 3.05) is 53.1 Å². The highest BCUT2D eigenvalue weighted by atomic mass is 16.5. The zero-order valence-electron chi connectivity index (χ0n) is 11.7. The van der Waals surface area contributed by atoms with Crippen LogP contribution >= 0.6 is 0 Å². The van der Waals surface area contributed by atoms with E-state index in [9.17, 15) is 4.79 Å². The van der Waals surface area contributed by atoms with E-state index >= 15 is 0 Å². The van der Waals surface area contributed by atoms with Crippen molar-refractivity contribution in [2.45, 2.75) is 18.9 Å². The lowest BCUT2D eigenvalue weighted by Gasteiger charge is -2.37. The first kappa shape index (κ1) is 14.7. The van der Waals surface area contributed by atoms with Crippen molar-refractivity contribution in [1.29, 1.82) is 0 Å². The maximum Gasteiger partial charge on any atom is 0.239 e. The third kappa shape index (κ3) is 4.14. The monoisotopic (exact) mass is 271 g/mol. The van der Waals surface area contributed by atoms with Gasteiger partial charge in [-0.3, -0.25) is 4.79 Å². The molecule has 0 aromatic heterocycles. The van der Waals surface area contributed by atoms with Crippen LogP contribution < -0.4 is 16.0 Å². The van der Waals surface area contributed by atoms with Crippen LogP contribution in [0.25, 0.3) is 0 Å². The first-order valence-corrected chi connectivity index (χ1v) is 7.04. The number of carbonyl (C=O) groups excluding carboxylic acids is 1. The van der Waals surface area contributed by atoms with E-state index < -0.39 is 0 Å². The summed E-state index contributed by atoms with van der Waals surface area (Å²) in [5.74, 6) is 0.0358. The number of nitrogens with one attached hydrogen (secondary N) is 3. The number of hydrogen-bond donors (Lipinski definition) is 3. The number of ether oxygens (including phenoxy) is 2. The van der Waals surface area contributed by atoms with E-state index in [2.05, 4.69) is 16.0 Å². The summed E-state index contributed by atoms with van der Waals surface area (Å²) < 4.78 is 10.7. The Bertz CT molecular complexity index is 281. The lowest BCUT2D eigenvalue weighted by molar-refractivity contribution is -0.126. The Balaban J connectivity index is 1.82. The van der Waals surface area contributed by atoms with Gasteiger partial charge in [0.25, 0.3) is 0 Å². The second-order valence-electron chi connectivity index (χ2n) is 5.48. The molecular formula is C13H25N3O3. The Kier molecular flexibility index (Phi) is 5.57. The summed E-state index contributed by atoms with van der Waals surface area (Å²) >= 11 is 0. The smallest absolute Gasteiger partial charge is 0.239 e. The maximum atomic E-state index is 12.1. The van der Waals surface area contributed by atoms with Crippen molar-refractivity contribution in [3.05, 3.63) is 0 Å². The molecule has 2 fully saturated rings. The Hall–Kier alpha value is -0.690. The Labute approximate surface area is 114 Å². The highest BCUT2D eigenvalue weighted by Crippen LogP contribution is 2.28. The van der Waals surface area contributed by atoms with E-state index in [1.54, 1.807) is 7.11 Å². The Morgan fingerprint density at radius 1 is 1.42 bits per heavy atom. The van der Waals surface area contributed by atoms with E-state index in [1.165, 1.54) is 0 Å². The second-order valence-corrected chi connectivity index (χ2v) is 5.48. The van der Waals surface area contributed by atoms with Crippen LogP contribution in [0.4, 0.5) is 0 Å². The molecule has 1 atom stereocenters. The molecule has 6 heteroatoms. The van der Waals surface area contributed by atoms with Gasteiger partial charge in [-0.1, -0.05) is 0 Å². The van der Waals surface area contributed by atoms with Crippen LogP contribution in [0.15, 0.2) is 0 Å². The van der Waals surface area contributed by atoms with Gasteiger partial charge in [-0.2, -0.15) is 0 Å². The molecule has 2 aliphatic rings. The molecule has 1 unspecified atom stereocenters. The number of morpholine rings is 1. The zero-order valence-corrected chi connectivity index (χ0v) is 11.7. The number of rotatable bonds is 5. The van der Waals surface area contributed by atoms with E-state index in [1.807, 2.05) is 0 Å². The van der Waals surface area contributed by atoms with E-state index in [0.717, 1.165) is 32.5 Å². The average molecular weight is 271 g/mol. The highest BCUT2D eigenvalue weighted by Gasteiger charge is 2.33. The zero-order chi connectivity index (χ0) is 13.6. The van der Waals surface area contributed by atoms with Crippen molar-refractivity contribution < 1.29 is 14.3 Å². The second kappa shape index (κ2) is 7.19. The van der Waals surface area contributed by atoms with Crippen molar-refractivity contribution in [2.24, 2.45) is 5.41 Å². The van der Waals surface area contributed by atoms with E-state index in [4.69, 9.17) is 9.47 Å². The minimum Gasteiger partial charge on any atom is -0.384 e. The molecule has 0 spiro atoms. The molecular weight excluding hydrogens is 246 g/mol. The molecule has 0 bridgehead atoms. The van der Waals surface area contributed by atoms with Crippen molar-refractivity contribution >= 4 is 5.91 Å². The van der Waals surface area contributed by atoms with Crippen molar-refractivity contribution in [3.63, 3.8) is 0 Å². The molecule has 2 heterocycles. The molecule has 2 aliphatic heterocycles. The summed E-state index contributed by atoms with van der Waals surface area (Å²) in [5, 5.41) is 9.58. The van der Waals surface area contributed by atoms with Crippen molar-refractivity contribution in [1.82, 2.24) is 16.0 Å². The fourth-order valence-electron chi connectivity index (χ4n) is 2.77. The van der Waals surface area contributed by atoms with Gasteiger partial charge in [0.1, 0.15) is 6.04 Å². The molecule has 1 amide bonds. The lowest BCUT2D eigenvalue weighted by Crippen LogP contribution is -2.54. The van der Waals surface area contributed by atoms with Gasteiger partial charge in [0.2, 0.25) is 5.91 Å². The van der Waals surface area contributed by atoms with Gasteiger partial charge in [-0.05, 0) is 25.9 Å². The van der Waals surface area contributed by atoms with Crippen LogP contribution in [0.2, 0.25) is 0 Å². The van der Waals surface area contributed by atoms with Crippen LogP contribution in [0, 0.1) is 5.41 Å². The van der Waals surface area contributed by atoms with Gasteiger partial charge in [0, 0.05) is 25.6 Å². The SMILES string of the molecule is COCC1(CNC(=O)C2COCCN2)CCNCC1. The predicted octanol–water partition coefficient (Wildman–Crippen LogP) is -0.893. The van der Waals surface area contributed by atoms with Gasteiger partial charge >= 0.3 is 0 Å². The van der Waals surface area contributed by atoms with Gasteiger partial charge in [0.05, 0.1) is 19.8 Å². The topological polar surface area (TPSA) is 71.6 Å². The van der Waals surface area contributed by atoms with Crippen LogP contribution in [-0.2, 0) is 14.3 Å². The largest absolute Gasteiger partial charge is 0.384 e. The van der Waals surface area contributed by atoms with E-state index in [0.29, 0.717) is 26.4 Å². The third-order valence-corrected chi connectivity index (χ3v) is 3.99. The number of piperidine rings is 1. The summed E-state index contributed by atoms with van der Waals surface area (Å²) in [6.45, 7) is 5.25. The minimum absolute atomic E-state index is 0.0358. The standard InChI is InChI=1S/C13H25N3O3/c1-18-10-13(2-4-14-5-3-13)9-16-12(17)11-8-19-7-6-15-11/h11,14-15H,2-10H2,1H3,(H,16,17). The molecule has 2 saturated heterocycles. The summed E-state index contributed by atoms with van der Waals surface area (Å²) in [6, 6.07) is -0.213. The molecule has 110 valence electrons. The minimum atomic E-state index is -0.213. The first-order chi connectivity index (χ1) is 9.26. The first-order valence-electron chi connectivity index (χ1n) is 7.04. The molecule has 0 aromatic carbocycles. The van der Waals surface area contributed by atoms with Crippen LogP contribution in [-0.4, -0.2) is 65.1 Å². The Morgan fingerprint density at radius 3 is 2.84 bits per heavy atom. The number of amides is 1. The maximum absolute atomic E-state index is 12.1.